The van der Waals surface area contributed by atoms with Crippen LogP contribution in [0.4, 0.5) is 10.1 Å². The molecule has 0 aliphatic carbocycles. The highest BCUT2D eigenvalue weighted by molar-refractivity contribution is 5.37. The van der Waals surface area contributed by atoms with Crippen molar-refractivity contribution in [1.29, 1.82) is 0 Å². The van der Waals surface area contributed by atoms with Gasteiger partial charge < -0.3 is 5.11 Å². The van der Waals surface area contributed by atoms with Gasteiger partial charge in [-0.2, -0.15) is 0 Å². The van der Waals surface area contributed by atoms with Crippen LogP contribution < -0.4 is 0 Å². The Balaban J connectivity index is 3.19. The average Bonchev–Trinajstić information content (AvgIpc) is 2.15. The largest absolute Gasteiger partial charge is 0.384 e. The van der Waals surface area contributed by atoms with Crippen molar-refractivity contribution >= 4 is 5.69 Å². The first-order valence-electron chi connectivity index (χ1n) is 3.80. The number of hydrogen-bond donors (Lipinski definition) is 1. The number of nitro groups is 1. The highest BCUT2D eigenvalue weighted by atomic mass is 19.1. The summed E-state index contributed by atoms with van der Waals surface area (Å²) in [4.78, 5) is 9.63. The van der Waals surface area contributed by atoms with Crippen molar-refractivity contribution < 1.29 is 14.4 Å². The SMILES string of the molecule is C=CC(O)c1cc(F)cc([N+](=O)[O-])c1. The minimum Gasteiger partial charge on any atom is -0.384 e. The number of rotatable bonds is 3. The summed E-state index contributed by atoms with van der Waals surface area (Å²) in [5.41, 5.74) is -0.271. The van der Waals surface area contributed by atoms with E-state index in [0.717, 1.165) is 18.2 Å². The molecule has 1 aromatic rings. The Kier molecular flexibility index (Phi) is 2.93. The molecule has 0 fully saturated rings. The van der Waals surface area contributed by atoms with Crippen molar-refractivity contribution in [3.05, 3.63) is 52.3 Å². The number of halogens is 1. The third-order valence-electron chi connectivity index (χ3n) is 1.68. The maximum absolute atomic E-state index is 12.8. The fourth-order valence-electron chi connectivity index (χ4n) is 1.01. The Morgan fingerprint density at radius 2 is 2.21 bits per heavy atom. The molecule has 0 heterocycles. The van der Waals surface area contributed by atoms with E-state index in [0.29, 0.717) is 0 Å². The number of aliphatic hydroxyl groups is 1. The molecule has 0 aliphatic heterocycles. The van der Waals surface area contributed by atoms with Crippen molar-refractivity contribution in [2.75, 3.05) is 0 Å². The van der Waals surface area contributed by atoms with Gasteiger partial charge in [-0.3, -0.25) is 10.1 Å². The van der Waals surface area contributed by atoms with Gasteiger partial charge in [0.1, 0.15) is 5.82 Å². The second-order valence-corrected chi connectivity index (χ2v) is 2.68. The summed E-state index contributed by atoms with van der Waals surface area (Å²) >= 11 is 0. The summed E-state index contributed by atoms with van der Waals surface area (Å²) in [6.45, 7) is 3.30. The van der Waals surface area contributed by atoms with E-state index in [1.54, 1.807) is 0 Å². The molecule has 4 nitrogen and oxygen atoms in total. The quantitative estimate of drug-likeness (QED) is 0.457. The maximum Gasteiger partial charge on any atom is 0.272 e. The molecule has 14 heavy (non-hydrogen) atoms. The maximum atomic E-state index is 12.8. The molecule has 0 amide bonds. The lowest BCUT2D eigenvalue weighted by Gasteiger charge is -2.04. The summed E-state index contributed by atoms with van der Waals surface area (Å²) in [5.74, 6) is -0.755. The molecule has 0 saturated heterocycles. The minimum absolute atomic E-state index is 0.117. The molecule has 0 spiro atoms. The van der Waals surface area contributed by atoms with Crippen molar-refractivity contribution in [3.8, 4) is 0 Å². The molecule has 0 aromatic heterocycles. The van der Waals surface area contributed by atoms with Gasteiger partial charge in [-0.05, 0) is 11.6 Å². The Morgan fingerprint density at radius 1 is 1.57 bits per heavy atom. The van der Waals surface area contributed by atoms with Gasteiger partial charge in [-0.25, -0.2) is 4.39 Å². The van der Waals surface area contributed by atoms with Gasteiger partial charge in [-0.1, -0.05) is 6.08 Å². The predicted molar refractivity (Wildman–Crippen MR) is 48.2 cm³/mol. The van der Waals surface area contributed by atoms with Gasteiger partial charge in [0.25, 0.3) is 5.69 Å². The molecule has 5 heteroatoms. The van der Waals surface area contributed by atoms with E-state index in [4.69, 9.17) is 0 Å². The van der Waals surface area contributed by atoms with Crippen molar-refractivity contribution in [2.24, 2.45) is 0 Å². The van der Waals surface area contributed by atoms with E-state index in [1.165, 1.54) is 6.08 Å². The molecular formula is C9H8FNO3. The third kappa shape index (κ3) is 2.14. The Labute approximate surface area is 79.4 Å². The number of benzene rings is 1. The van der Waals surface area contributed by atoms with Crippen LogP contribution in [0.15, 0.2) is 30.9 Å². The first-order chi connectivity index (χ1) is 6.54. The molecule has 0 saturated carbocycles. The lowest BCUT2D eigenvalue weighted by molar-refractivity contribution is -0.385. The lowest BCUT2D eigenvalue weighted by atomic mass is 10.1. The average molecular weight is 197 g/mol. The van der Waals surface area contributed by atoms with Crippen molar-refractivity contribution in [3.63, 3.8) is 0 Å². The molecule has 1 N–H and O–H groups in total. The molecule has 1 unspecified atom stereocenters. The Bertz CT molecular complexity index is 378. The van der Waals surface area contributed by atoms with Crippen LogP contribution in [0.25, 0.3) is 0 Å². The molecule has 0 radical (unpaired) electrons. The number of non-ortho nitro benzene ring substituents is 1. The zero-order valence-corrected chi connectivity index (χ0v) is 7.18. The lowest BCUT2D eigenvalue weighted by Crippen LogP contribution is -1.96. The fraction of sp³-hybridized carbons (Fsp3) is 0.111. The van der Waals surface area contributed by atoms with Gasteiger partial charge >= 0.3 is 0 Å². The third-order valence-corrected chi connectivity index (χ3v) is 1.68. The summed E-state index contributed by atoms with van der Waals surface area (Å²) in [5, 5.41) is 19.6. The Morgan fingerprint density at radius 3 is 2.71 bits per heavy atom. The van der Waals surface area contributed by atoms with Crippen LogP contribution in [0.2, 0.25) is 0 Å². The Hall–Kier alpha value is -1.75. The summed E-state index contributed by atoms with van der Waals surface area (Å²) in [6.07, 6.45) is 0.0720. The van der Waals surface area contributed by atoms with E-state index in [2.05, 4.69) is 6.58 Å². The van der Waals surface area contributed by atoms with Crippen molar-refractivity contribution in [1.82, 2.24) is 0 Å². The number of nitrogens with zero attached hydrogens (tertiary/aromatic N) is 1. The first-order valence-corrected chi connectivity index (χ1v) is 3.80. The van der Waals surface area contributed by atoms with Crippen LogP contribution in [0.3, 0.4) is 0 Å². The van der Waals surface area contributed by atoms with Crippen LogP contribution in [0.1, 0.15) is 11.7 Å². The normalized spacial score (nSPS) is 12.1. The standard InChI is InChI=1S/C9H8FNO3/c1-2-9(12)6-3-7(10)5-8(4-6)11(13)14/h2-5,9,12H,1H2. The number of nitro benzene ring substituents is 1. The summed E-state index contributed by atoms with van der Waals surface area (Å²) < 4.78 is 12.8. The molecular weight excluding hydrogens is 189 g/mol. The van der Waals surface area contributed by atoms with E-state index in [9.17, 15) is 19.6 Å². The predicted octanol–water partition coefficient (Wildman–Crippen LogP) is 1.95. The number of hydrogen-bond acceptors (Lipinski definition) is 3. The van der Waals surface area contributed by atoms with Crippen LogP contribution in [0.5, 0.6) is 0 Å². The number of aliphatic hydroxyl groups excluding tert-OH is 1. The highest BCUT2D eigenvalue weighted by Gasteiger charge is 2.12. The van der Waals surface area contributed by atoms with E-state index in [1.807, 2.05) is 0 Å². The molecule has 1 atom stereocenters. The zero-order chi connectivity index (χ0) is 10.7. The van der Waals surface area contributed by atoms with Crippen LogP contribution in [0, 0.1) is 15.9 Å². The smallest absolute Gasteiger partial charge is 0.272 e. The van der Waals surface area contributed by atoms with E-state index >= 15 is 0 Å². The zero-order valence-electron chi connectivity index (χ0n) is 7.18. The van der Waals surface area contributed by atoms with Gasteiger partial charge in [0.15, 0.2) is 0 Å². The highest BCUT2D eigenvalue weighted by Crippen LogP contribution is 2.21. The van der Waals surface area contributed by atoms with Gasteiger partial charge in [0.2, 0.25) is 0 Å². The van der Waals surface area contributed by atoms with E-state index < -0.39 is 16.8 Å². The monoisotopic (exact) mass is 197 g/mol. The second-order valence-electron chi connectivity index (χ2n) is 2.68. The van der Waals surface area contributed by atoms with Crippen LogP contribution >= 0.6 is 0 Å². The minimum atomic E-state index is -1.09. The summed E-state index contributed by atoms with van der Waals surface area (Å²) in [7, 11) is 0. The first kappa shape index (κ1) is 10.3. The topological polar surface area (TPSA) is 63.4 Å². The molecule has 74 valence electrons. The van der Waals surface area contributed by atoms with Gasteiger partial charge in [0.05, 0.1) is 17.1 Å². The molecule has 1 aromatic carbocycles. The van der Waals surface area contributed by atoms with Gasteiger partial charge in [0, 0.05) is 6.07 Å². The molecule has 0 aliphatic rings. The summed E-state index contributed by atoms with van der Waals surface area (Å²) in [6, 6.07) is 2.92. The van der Waals surface area contributed by atoms with Crippen molar-refractivity contribution in [2.45, 2.75) is 6.10 Å². The van der Waals surface area contributed by atoms with Gasteiger partial charge in [-0.15, -0.1) is 6.58 Å². The second kappa shape index (κ2) is 3.97. The molecule has 1 rings (SSSR count). The van der Waals surface area contributed by atoms with Crippen LogP contribution in [-0.4, -0.2) is 10.0 Å². The fourth-order valence-corrected chi connectivity index (χ4v) is 1.01. The molecule has 0 bridgehead atoms. The van der Waals surface area contributed by atoms with Crippen LogP contribution in [-0.2, 0) is 0 Å². The van der Waals surface area contributed by atoms with E-state index in [-0.39, 0.29) is 11.3 Å².